The molecule has 9 heteroatoms. The van der Waals surface area contributed by atoms with E-state index < -0.39 is 5.60 Å². The highest BCUT2D eigenvalue weighted by atomic mass is 16.7. The molecule has 1 N–H and O–H groups in total. The van der Waals surface area contributed by atoms with Crippen LogP contribution in [-0.4, -0.2) is 41.9 Å². The standard InChI is InChI=1S/C24H25N3O6/c1-5-24(2,29)17-7-19-22-15(10-27(19)23(28)16(17)11-30-3)14(9-25-31-4)13-6-20-21(33-12-32-20)8-18(13)26-22/h6-9,29H,5,10-12H2,1-4H3/b25-9+/t24-/m0/s1. The second kappa shape index (κ2) is 7.86. The molecular weight excluding hydrogens is 426 g/mol. The monoisotopic (exact) mass is 451 g/mol. The van der Waals surface area contributed by atoms with Gasteiger partial charge in [0.15, 0.2) is 11.5 Å². The molecular formula is C24H25N3O6. The number of nitrogens with zero attached hydrogens (tertiary/aromatic N) is 3. The first-order valence-electron chi connectivity index (χ1n) is 10.7. The summed E-state index contributed by atoms with van der Waals surface area (Å²) in [5.41, 5.74) is 3.22. The molecule has 1 aromatic carbocycles. The van der Waals surface area contributed by atoms with E-state index in [2.05, 4.69) is 5.16 Å². The zero-order valence-corrected chi connectivity index (χ0v) is 19.0. The Morgan fingerprint density at radius 1 is 1.27 bits per heavy atom. The third-order valence-electron chi connectivity index (χ3n) is 6.43. The molecule has 0 unspecified atom stereocenters. The van der Waals surface area contributed by atoms with Crippen molar-refractivity contribution in [1.29, 1.82) is 0 Å². The molecule has 0 saturated heterocycles. The van der Waals surface area contributed by atoms with Crippen molar-refractivity contribution >= 4 is 17.1 Å². The normalized spacial score (nSPS) is 15.7. The summed E-state index contributed by atoms with van der Waals surface area (Å²) in [5.74, 6) is 1.25. The minimum absolute atomic E-state index is 0.107. The van der Waals surface area contributed by atoms with Gasteiger partial charge in [0, 0.05) is 35.3 Å². The minimum Gasteiger partial charge on any atom is -0.454 e. The number of benzene rings is 1. The third kappa shape index (κ3) is 3.27. The van der Waals surface area contributed by atoms with Crippen LogP contribution in [0.25, 0.3) is 22.3 Å². The molecule has 2 aliphatic rings. The summed E-state index contributed by atoms with van der Waals surface area (Å²) >= 11 is 0. The fourth-order valence-corrected chi connectivity index (χ4v) is 4.50. The number of rotatable bonds is 6. The topological polar surface area (TPSA) is 104 Å². The van der Waals surface area contributed by atoms with Crippen LogP contribution in [0, 0.1) is 0 Å². The lowest BCUT2D eigenvalue weighted by molar-refractivity contribution is 0.0495. The van der Waals surface area contributed by atoms with E-state index in [1.807, 2.05) is 25.1 Å². The van der Waals surface area contributed by atoms with Crippen molar-refractivity contribution in [3.05, 3.63) is 50.8 Å². The van der Waals surface area contributed by atoms with Crippen LogP contribution in [0.2, 0.25) is 0 Å². The quantitative estimate of drug-likeness (QED) is 0.355. The summed E-state index contributed by atoms with van der Waals surface area (Å²) in [5, 5.41) is 15.9. The number of aromatic nitrogens is 2. The molecule has 0 aliphatic carbocycles. The van der Waals surface area contributed by atoms with E-state index in [-0.39, 0.29) is 19.0 Å². The predicted molar refractivity (Wildman–Crippen MR) is 122 cm³/mol. The van der Waals surface area contributed by atoms with Crippen LogP contribution in [0.1, 0.15) is 42.5 Å². The maximum atomic E-state index is 13.5. The maximum Gasteiger partial charge on any atom is 0.257 e. The van der Waals surface area contributed by atoms with E-state index in [1.54, 1.807) is 17.7 Å². The fraction of sp³-hybridized carbons (Fsp3) is 0.375. The van der Waals surface area contributed by atoms with Crippen LogP contribution in [0.3, 0.4) is 0 Å². The van der Waals surface area contributed by atoms with Crippen molar-refractivity contribution in [2.24, 2.45) is 5.16 Å². The summed E-state index contributed by atoms with van der Waals surface area (Å²) in [4.78, 5) is 23.4. The molecule has 5 rings (SSSR count). The molecule has 0 fully saturated rings. The van der Waals surface area contributed by atoms with E-state index in [1.165, 1.54) is 14.2 Å². The molecule has 3 aromatic rings. The second-order valence-electron chi connectivity index (χ2n) is 8.37. The fourth-order valence-electron chi connectivity index (χ4n) is 4.50. The predicted octanol–water partition coefficient (Wildman–Crippen LogP) is 2.90. The van der Waals surface area contributed by atoms with Gasteiger partial charge in [-0.1, -0.05) is 12.1 Å². The highest BCUT2D eigenvalue weighted by Crippen LogP contribution is 2.41. The molecule has 0 radical (unpaired) electrons. The Bertz CT molecular complexity index is 1360. The van der Waals surface area contributed by atoms with Gasteiger partial charge >= 0.3 is 0 Å². The zero-order valence-electron chi connectivity index (χ0n) is 19.0. The van der Waals surface area contributed by atoms with Crippen LogP contribution in [0.15, 0.2) is 28.1 Å². The molecule has 2 aliphatic heterocycles. The molecule has 0 spiro atoms. The second-order valence-corrected chi connectivity index (χ2v) is 8.37. The molecule has 0 amide bonds. The Kier molecular flexibility index (Phi) is 5.10. The molecule has 33 heavy (non-hydrogen) atoms. The third-order valence-corrected chi connectivity index (χ3v) is 6.43. The molecule has 9 nitrogen and oxygen atoms in total. The zero-order chi connectivity index (χ0) is 23.3. The smallest absolute Gasteiger partial charge is 0.257 e. The van der Waals surface area contributed by atoms with E-state index in [0.717, 1.165) is 16.5 Å². The maximum absolute atomic E-state index is 13.5. The van der Waals surface area contributed by atoms with Gasteiger partial charge in [-0.3, -0.25) is 4.79 Å². The lowest BCUT2D eigenvalue weighted by Gasteiger charge is -2.25. The Hall–Kier alpha value is -3.43. The summed E-state index contributed by atoms with van der Waals surface area (Å²) in [7, 11) is 3.01. The lowest BCUT2D eigenvalue weighted by Crippen LogP contribution is -2.31. The van der Waals surface area contributed by atoms with Crippen LogP contribution >= 0.6 is 0 Å². The van der Waals surface area contributed by atoms with Gasteiger partial charge in [0.1, 0.15) is 7.11 Å². The number of oxime groups is 1. The summed E-state index contributed by atoms with van der Waals surface area (Å²) in [6.07, 6.45) is 2.07. The summed E-state index contributed by atoms with van der Waals surface area (Å²) in [6, 6.07) is 5.55. The van der Waals surface area contributed by atoms with Crippen LogP contribution in [-0.2, 0) is 28.3 Å². The molecule has 0 bridgehead atoms. The van der Waals surface area contributed by atoms with E-state index in [0.29, 0.717) is 52.5 Å². The van der Waals surface area contributed by atoms with Gasteiger partial charge in [0.2, 0.25) is 6.79 Å². The van der Waals surface area contributed by atoms with E-state index in [4.69, 9.17) is 24.0 Å². The van der Waals surface area contributed by atoms with Crippen molar-refractivity contribution in [3.63, 3.8) is 0 Å². The Morgan fingerprint density at radius 3 is 2.73 bits per heavy atom. The highest BCUT2D eigenvalue weighted by molar-refractivity contribution is 6.03. The van der Waals surface area contributed by atoms with Crippen molar-refractivity contribution in [2.45, 2.75) is 39.0 Å². The minimum atomic E-state index is -1.19. The first-order valence-corrected chi connectivity index (χ1v) is 10.7. The van der Waals surface area contributed by atoms with Crippen LogP contribution in [0.5, 0.6) is 11.5 Å². The van der Waals surface area contributed by atoms with Crippen molar-refractivity contribution in [2.75, 3.05) is 21.0 Å². The van der Waals surface area contributed by atoms with Crippen molar-refractivity contribution < 1.29 is 24.2 Å². The van der Waals surface area contributed by atoms with Gasteiger partial charge in [-0.25, -0.2) is 4.98 Å². The number of ether oxygens (including phenoxy) is 3. The SMILES string of the molecule is CC[C@](C)(O)c1cc2n(c(=O)c1COC)Cc1c-2nc2cc3c(cc2c1/C=N/OC)OCO3. The molecule has 2 aromatic heterocycles. The first kappa shape index (κ1) is 21.4. The Morgan fingerprint density at radius 2 is 2.03 bits per heavy atom. The van der Waals surface area contributed by atoms with Crippen molar-refractivity contribution in [1.82, 2.24) is 9.55 Å². The van der Waals surface area contributed by atoms with E-state index in [9.17, 15) is 9.90 Å². The summed E-state index contributed by atoms with van der Waals surface area (Å²) < 4.78 is 18.1. The molecule has 4 heterocycles. The lowest BCUT2D eigenvalue weighted by atomic mass is 9.89. The number of pyridine rings is 2. The van der Waals surface area contributed by atoms with Crippen LogP contribution < -0.4 is 15.0 Å². The van der Waals surface area contributed by atoms with Gasteiger partial charge in [-0.15, -0.1) is 0 Å². The van der Waals surface area contributed by atoms with E-state index >= 15 is 0 Å². The van der Waals surface area contributed by atoms with Gasteiger partial charge < -0.3 is 28.7 Å². The largest absolute Gasteiger partial charge is 0.454 e. The molecule has 1 atom stereocenters. The van der Waals surface area contributed by atoms with Crippen molar-refractivity contribution in [3.8, 4) is 22.9 Å². The van der Waals surface area contributed by atoms with Gasteiger partial charge in [0.05, 0.1) is 41.9 Å². The number of hydrogen-bond donors (Lipinski definition) is 1. The Balaban J connectivity index is 1.82. The number of hydrogen-bond acceptors (Lipinski definition) is 8. The van der Waals surface area contributed by atoms with Crippen LogP contribution in [0.4, 0.5) is 0 Å². The number of aliphatic hydroxyl groups is 1. The summed E-state index contributed by atoms with van der Waals surface area (Å²) in [6.45, 7) is 4.16. The average molecular weight is 451 g/mol. The molecule has 172 valence electrons. The number of methoxy groups -OCH3 is 1. The van der Waals surface area contributed by atoms with Gasteiger partial charge in [-0.05, 0) is 31.0 Å². The number of fused-ring (bicyclic) bond motifs is 5. The first-order chi connectivity index (χ1) is 15.9. The Labute approximate surface area is 190 Å². The average Bonchev–Trinajstić information content (AvgIpc) is 3.41. The van der Waals surface area contributed by atoms with Gasteiger partial charge in [-0.2, -0.15) is 0 Å². The highest BCUT2D eigenvalue weighted by Gasteiger charge is 2.33. The van der Waals surface area contributed by atoms with Gasteiger partial charge in [0.25, 0.3) is 5.56 Å². The molecule has 0 saturated carbocycles.